The van der Waals surface area contributed by atoms with Crippen LogP contribution in [0.3, 0.4) is 0 Å². The largest absolute Gasteiger partial charge is 0.385 e. The first kappa shape index (κ1) is 14.9. The van der Waals surface area contributed by atoms with E-state index in [1.807, 2.05) is 6.92 Å². The van der Waals surface area contributed by atoms with Crippen molar-refractivity contribution in [2.45, 2.75) is 6.92 Å². The van der Waals surface area contributed by atoms with Crippen LogP contribution in [0, 0.1) is 17.5 Å². The number of amides is 1. The van der Waals surface area contributed by atoms with Crippen LogP contribution in [-0.4, -0.2) is 12.5 Å². The lowest BCUT2D eigenvalue weighted by Gasteiger charge is -2.11. The molecule has 0 aliphatic heterocycles. The number of anilines is 2. The van der Waals surface area contributed by atoms with Gasteiger partial charge in [0.15, 0.2) is 17.5 Å². The van der Waals surface area contributed by atoms with E-state index in [4.69, 9.17) is 0 Å². The summed E-state index contributed by atoms with van der Waals surface area (Å²) < 4.78 is 39.5. The molecule has 2 aromatic carbocycles. The van der Waals surface area contributed by atoms with Crippen LogP contribution >= 0.6 is 0 Å². The van der Waals surface area contributed by atoms with Crippen molar-refractivity contribution in [2.24, 2.45) is 0 Å². The van der Waals surface area contributed by atoms with Crippen LogP contribution in [0.5, 0.6) is 0 Å². The van der Waals surface area contributed by atoms with Crippen molar-refractivity contribution in [3.63, 3.8) is 0 Å². The molecule has 0 saturated heterocycles. The molecule has 1 amide bonds. The van der Waals surface area contributed by atoms with Gasteiger partial charge in [0.2, 0.25) is 0 Å². The molecular weight excluding hydrogens is 281 g/mol. The van der Waals surface area contributed by atoms with E-state index in [1.54, 1.807) is 24.3 Å². The highest BCUT2D eigenvalue weighted by Gasteiger charge is 2.17. The van der Waals surface area contributed by atoms with Gasteiger partial charge in [0.05, 0.1) is 11.3 Å². The number of nitrogens with one attached hydrogen (secondary N) is 2. The molecule has 0 aliphatic carbocycles. The molecule has 0 aliphatic rings. The normalized spacial score (nSPS) is 10.3. The molecule has 0 fully saturated rings. The van der Waals surface area contributed by atoms with E-state index in [1.165, 1.54) is 0 Å². The van der Waals surface area contributed by atoms with E-state index in [2.05, 4.69) is 10.6 Å². The van der Waals surface area contributed by atoms with Gasteiger partial charge in [-0.3, -0.25) is 4.79 Å². The predicted molar refractivity (Wildman–Crippen MR) is 74.9 cm³/mol. The molecule has 3 nitrogen and oxygen atoms in total. The summed E-state index contributed by atoms with van der Waals surface area (Å²) in [5.74, 6) is -4.97. The summed E-state index contributed by atoms with van der Waals surface area (Å²) in [4.78, 5) is 12.1. The highest BCUT2D eigenvalue weighted by molar-refractivity contribution is 6.08. The maximum atomic E-state index is 13.5. The number of rotatable bonds is 4. The van der Waals surface area contributed by atoms with E-state index in [9.17, 15) is 18.0 Å². The van der Waals surface area contributed by atoms with Gasteiger partial charge in [-0.2, -0.15) is 0 Å². The van der Waals surface area contributed by atoms with Crippen LogP contribution in [0.2, 0.25) is 0 Å². The highest BCUT2D eigenvalue weighted by atomic mass is 19.2. The highest BCUT2D eigenvalue weighted by Crippen LogP contribution is 2.22. The molecule has 2 aromatic rings. The lowest BCUT2D eigenvalue weighted by molar-refractivity contribution is 0.102. The number of hydrogen-bond donors (Lipinski definition) is 2. The van der Waals surface area contributed by atoms with Gasteiger partial charge in [0, 0.05) is 12.2 Å². The van der Waals surface area contributed by atoms with Crippen LogP contribution in [0.25, 0.3) is 0 Å². The topological polar surface area (TPSA) is 41.1 Å². The first-order valence-corrected chi connectivity index (χ1v) is 6.32. The zero-order valence-electron chi connectivity index (χ0n) is 11.2. The van der Waals surface area contributed by atoms with Crippen molar-refractivity contribution in [2.75, 3.05) is 17.2 Å². The lowest BCUT2D eigenvalue weighted by Crippen LogP contribution is -2.16. The monoisotopic (exact) mass is 294 g/mol. The molecule has 2 rings (SSSR count). The maximum absolute atomic E-state index is 13.5. The van der Waals surface area contributed by atoms with Gasteiger partial charge in [0.25, 0.3) is 5.91 Å². The third kappa shape index (κ3) is 3.16. The summed E-state index contributed by atoms with van der Waals surface area (Å²) in [6.45, 7) is 2.47. The fourth-order valence-corrected chi connectivity index (χ4v) is 1.84. The summed E-state index contributed by atoms with van der Waals surface area (Å²) in [5.41, 5.74) is 0.439. The second-order valence-corrected chi connectivity index (χ2v) is 4.25. The number of hydrogen-bond acceptors (Lipinski definition) is 2. The van der Waals surface area contributed by atoms with E-state index in [0.29, 0.717) is 12.2 Å². The summed E-state index contributed by atoms with van der Waals surface area (Å²) >= 11 is 0. The van der Waals surface area contributed by atoms with Crippen LogP contribution in [0.4, 0.5) is 24.5 Å². The molecular formula is C15H13F3N2O. The van der Waals surface area contributed by atoms with Crippen LogP contribution in [-0.2, 0) is 0 Å². The van der Waals surface area contributed by atoms with Gasteiger partial charge in [0.1, 0.15) is 0 Å². The molecule has 21 heavy (non-hydrogen) atoms. The second-order valence-electron chi connectivity index (χ2n) is 4.25. The zero-order chi connectivity index (χ0) is 15.4. The Hall–Kier alpha value is -2.50. The number of carbonyl (C=O) groups is 1. The maximum Gasteiger partial charge on any atom is 0.257 e. The quantitative estimate of drug-likeness (QED) is 0.842. The molecule has 6 heteroatoms. The molecule has 0 radical (unpaired) electrons. The Labute approximate surface area is 119 Å². The van der Waals surface area contributed by atoms with Crippen molar-refractivity contribution >= 4 is 17.3 Å². The molecule has 0 atom stereocenters. The molecule has 0 saturated carbocycles. The molecule has 0 unspecified atom stereocenters. The predicted octanol–water partition coefficient (Wildman–Crippen LogP) is 3.79. The minimum atomic E-state index is -1.62. The number of benzene rings is 2. The van der Waals surface area contributed by atoms with Gasteiger partial charge >= 0.3 is 0 Å². The molecule has 2 N–H and O–H groups in total. The number of carbonyl (C=O) groups excluding carboxylic acids is 1. The van der Waals surface area contributed by atoms with Crippen molar-refractivity contribution in [3.8, 4) is 0 Å². The number of halogens is 3. The SMILES string of the molecule is CCNc1ccccc1C(=O)Nc1ccc(F)c(F)c1F. The van der Waals surface area contributed by atoms with Gasteiger partial charge in [-0.25, -0.2) is 13.2 Å². The second kappa shape index (κ2) is 6.30. The van der Waals surface area contributed by atoms with Crippen LogP contribution in [0.15, 0.2) is 36.4 Å². The van der Waals surface area contributed by atoms with Gasteiger partial charge in [-0.15, -0.1) is 0 Å². The van der Waals surface area contributed by atoms with E-state index < -0.39 is 29.0 Å². The van der Waals surface area contributed by atoms with E-state index >= 15 is 0 Å². The first-order chi connectivity index (χ1) is 10.0. The van der Waals surface area contributed by atoms with Gasteiger partial charge in [-0.05, 0) is 31.2 Å². The Morgan fingerprint density at radius 3 is 2.43 bits per heavy atom. The fourth-order valence-electron chi connectivity index (χ4n) is 1.84. The van der Waals surface area contributed by atoms with Crippen molar-refractivity contribution in [1.29, 1.82) is 0 Å². The summed E-state index contributed by atoms with van der Waals surface area (Å²) in [5, 5.41) is 5.22. The Bertz CT molecular complexity index is 674. The van der Waals surface area contributed by atoms with Crippen LogP contribution in [0.1, 0.15) is 17.3 Å². The molecule has 0 aromatic heterocycles. The third-order valence-electron chi connectivity index (χ3n) is 2.82. The molecule has 110 valence electrons. The minimum absolute atomic E-state index is 0.281. The average Bonchev–Trinajstić information content (AvgIpc) is 2.49. The Kier molecular flexibility index (Phi) is 4.47. The van der Waals surface area contributed by atoms with Crippen molar-refractivity contribution < 1.29 is 18.0 Å². The first-order valence-electron chi connectivity index (χ1n) is 6.32. The third-order valence-corrected chi connectivity index (χ3v) is 2.82. The Balaban J connectivity index is 2.29. The van der Waals surface area contributed by atoms with Crippen molar-refractivity contribution in [3.05, 3.63) is 59.4 Å². The molecule has 0 spiro atoms. The smallest absolute Gasteiger partial charge is 0.257 e. The summed E-state index contributed by atoms with van der Waals surface area (Å²) in [6.07, 6.45) is 0. The summed E-state index contributed by atoms with van der Waals surface area (Å²) in [7, 11) is 0. The van der Waals surface area contributed by atoms with E-state index in [-0.39, 0.29) is 5.56 Å². The Morgan fingerprint density at radius 1 is 1.00 bits per heavy atom. The standard InChI is InChI=1S/C15H13F3N2O/c1-2-19-11-6-4-3-5-9(11)15(21)20-12-8-7-10(16)13(17)14(12)18/h3-8,19H,2H2,1H3,(H,20,21). The van der Waals surface area contributed by atoms with Gasteiger partial charge < -0.3 is 10.6 Å². The molecule has 0 heterocycles. The van der Waals surface area contributed by atoms with Crippen molar-refractivity contribution in [1.82, 2.24) is 0 Å². The van der Waals surface area contributed by atoms with E-state index in [0.717, 1.165) is 12.1 Å². The van der Waals surface area contributed by atoms with Crippen LogP contribution < -0.4 is 10.6 Å². The number of para-hydroxylation sites is 1. The zero-order valence-corrected chi connectivity index (χ0v) is 11.2. The lowest BCUT2D eigenvalue weighted by atomic mass is 10.1. The average molecular weight is 294 g/mol. The minimum Gasteiger partial charge on any atom is -0.385 e. The fraction of sp³-hybridized carbons (Fsp3) is 0.133. The molecule has 0 bridgehead atoms. The Morgan fingerprint density at radius 2 is 1.71 bits per heavy atom. The van der Waals surface area contributed by atoms with Gasteiger partial charge in [-0.1, -0.05) is 12.1 Å². The summed E-state index contributed by atoms with van der Waals surface area (Å²) in [6, 6.07) is 8.36.